The maximum atomic E-state index is 3.85. The van der Waals surface area contributed by atoms with E-state index in [1.165, 1.54) is 38.6 Å². The van der Waals surface area contributed by atoms with Gasteiger partial charge in [-0.3, -0.25) is 0 Å². The van der Waals surface area contributed by atoms with Crippen molar-refractivity contribution in [2.75, 3.05) is 13.1 Å². The number of halogens is 1. The number of hydrogen-bond acceptors (Lipinski definition) is 1. The van der Waals surface area contributed by atoms with Gasteiger partial charge in [-0.25, -0.2) is 0 Å². The minimum Gasteiger partial charge on any atom is -0.346 e. The van der Waals surface area contributed by atoms with Crippen LogP contribution in [-0.4, -0.2) is 17.7 Å². The molecule has 1 fully saturated rings. The molecule has 1 atom stereocenters. The molecule has 0 aliphatic carbocycles. The van der Waals surface area contributed by atoms with Gasteiger partial charge in [0.05, 0.1) is 5.52 Å². The summed E-state index contributed by atoms with van der Waals surface area (Å²) in [6.45, 7) is 6.63. The van der Waals surface area contributed by atoms with Gasteiger partial charge >= 0.3 is 0 Å². The summed E-state index contributed by atoms with van der Waals surface area (Å²) < 4.78 is 3.69. The number of benzene rings is 1. The van der Waals surface area contributed by atoms with E-state index in [2.05, 4.69) is 58.8 Å². The summed E-state index contributed by atoms with van der Waals surface area (Å²) in [4.78, 5) is 0. The first-order valence-corrected chi connectivity index (χ1v) is 7.35. The Bertz CT molecular complexity index is 562. The topological polar surface area (TPSA) is 17.0 Å². The molecule has 1 unspecified atom stereocenters. The van der Waals surface area contributed by atoms with Crippen LogP contribution in [0.4, 0.5) is 0 Å². The van der Waals surface area contributed by atoms with E-state index in [4.69, 9.17) is 0 Å². The normalized spacial score (nSPS) is 19.9. The Morgan fingerprint density at radius 2 is 2.00 bits per heavy atom. The fourth-order valence-electron chi connectivity index (χ4n) is 3.24. The molecule has 1 aromatic carbocycles. The van der Waals surface area contributed by atoms with Gasteiger partial charge in [-0.1, -0.05) is 12.1 Å². The smallest absolute Gasteiger partial charge is 0.0524 e. The predicted molar refractivity (Wildman–Crippen MR) is 80.3 cm³/mol. The highest BCUT2D eigenvalue weighted by atomic mass is 79.9. The Labute approximate surface area is 116 Å². The van der Waals surface area contributed by atoms with Crippen LogP contribution in [0.3, 0.4) is 0 Å². The first-order chi connectivity index (χ1) is 8.61. The minimum atomic E-state index is 0.635. The molecule has 2 heterocycles. The third-order valence-corrected chi connectivity index (χ3v) is 4.98. The molecule has 2 aromatic rings. The average molecular weight is 307 g/mol. The average Bonchev–Trinajstić information content (AvgIpc) is 2.92. The van der Waals surface area contributed by atoms with Crippen molar-refractivity contribution in [3.8, 4) is 0 Å². The van der Waals surface area contributed by atoms with E-state index in [-0.39, 0.29) is 0 Å². The number of aromatic nitrogens is 1. The number of nitrogens with one attached hydrogen (secondary N) is 1. The Kier molecular flexibility index (Phi) is 2.99. The van der Waals surface area contributed by atoms with Crippen LogP contribution in [0.25, 0.3) is 10.9 Å². The lowest BCUT2D eigenvalue weighted by Crippen LogP contribution is -2.10. The molecule has 1 aliphatic heterocycles. The summed E-state index contributed by atoms with van der Waals surface area (Å²) in [5.41, 5.74) is 5.54. The van der Waals surface area contributed by atoms with E-state index in [0.29, 0.717) is 5.92 Å². The molecule has 96 valence electrons. The molecule has 0 amide bonds. The predicted octanol–water partition coefficient (Wildman–Crippen LogP) is 3.63. The fourth-order valence-corrected chi connectivity index (χ4v) is 4.33. The third-order valence-electron chi connectivity index (χ3n) is 4.18. The van der Waals surface area contributed by atoms with Crippen LogP contribution in [0.1, 0.15) is 29.2 Å². The molecule has 3 heteroatoms. The van der Waals surface area contributed by atoms with Gasteiger partial charge in [0.25, 0.3) is 0 Å². The number of fused-ring (bicyclic) bond motifs is 1. The van der Waals surface area contributed by atoms with E-state index >= 15 is 0 Å². The lowest BCUT2D eigenvalue weighted by molar-refractivity contribution is 0.690. The van der Waals surface area contributed by atoms with Crippen LogP contribution in [0.5, 0.6) is 0 Å². The summed E-state index contributed by atoms with van der Waals surface area (Å²) in [5.74, 6) is 0.635. The standard InChI is InChI=1S/C15H19BrN2/c1-9-4-5-10(2)14-12(9)13(16)15(18(14)3)11-6-7-17-8-11/h4-5,11,17H,6-8H2,1-3H3. The van der Waals surface area contributed by atoms with Crippen molar-refractivity contribution in [3.63, 3.8) is 0 Å². The third kappa shape index (κ3) is 1.64. The molecular weight excluding hydrogens is 288 g/mol. The van der Waals surface area contributed by atoms with Crippen LogP contribution in [-0.2, 0) is 7.05 Å². The maximum absolute atomic E-state index is 3.85. The zero-order chi connectivity index (χ0) is 12.9. The van der Waals surface area contributed by atoms with E-state index < -0.39 is 0 Å². The second kappa shape index (κ2) is 4.39. The molecule has 1 saturated heterocycles. The largest absolute Gasteiger partial charge is 0.346 e. The van der Waals surface area contributed by atoms with Crippen molar-refractivity contribution >= 4 is 26.8 Å². The van der Waals surface area contributed by atoms with Crippen molar-refractivity contribution in [2.45, 2.75) is 26.2 Å². The van der Waals surface area contributed by atoms with Gasteiger partial charge in [-0.15, -0.1) is 0 Å². The second-order valence-corrected chi connectivity index (χ2v) is 6.16. The van der Waals surface area contributed by atoms with Crippen LogP contribution < -0.4 is 5.32 Å². The quantitative estimate of drug-likeness (QED) is 0.851. The zero-order valence-corrected chi connectivity index (χ0v) is 12.8. The lowest BCUT2D eigenvalue weighted by Gasteiger charge is -2.12. The molecule has 0 spiro atoms. The van der Waals surface area contributed by atoms with Crippen LogP contribution in [0, 0.1) is 13.8 Å². The molecule has 0 bridgehead atoms. The lowest BCUT2D eigenvalue weighted by atomic mass is 10.0. The highest BCUT2D eigenvalue weighted by Crippen LogP contribution is 2.39. The van der Waals surface area contributed by atoms with Crippen LogP contribution >= 0.6 is 15.9 Å². The molecular formula is C15H19BrN2. The SMILES string of the molecule is Cc1ccc(C)c2c1c(Br)c(C1CCNC1)n2C. The van der Waals surface area contributed by atoms with Gasteiger partial charge in [0, 0.05) is 35.1 Å². The van der Waals surface area contributed by atoms with Crippen molar-refractivity contribution in [1.29, 1.82) is 0 Å². The van der Waals surface area contributed by atoms with Crippen molar-refractivity contribution in [2.24, 2.45) is 7.05 Å². The summed E-state index contributed by atoms with van der Waals surface area (Å²) in [6, 6.07) is 4.44. The monoisotopic (exact) mass is 306 g/mol. The van der Waals surface area contributed by atoms with Gasteiger partial charge in [0.15, 0.2) is 0 Å². The first-order valence-electron chi connectivity index (χ1n) is 6.56. The molecule has 3 rings (SSSR count). The maximum Gasteiger partial charge on any atom is 0.0524 e. The summed E-state index contributed by atoms with van der Waals surface area (Å²) in [6.07, 6.45) is 1.24. The summed E-state index contributed by atoms with van der Waals surface area (Å²) in [5, 5.41) is 4.85. The highest BCUT2D eigenvalue weighted by molar-refractivity contribution is 9.10. The molecule has 2 nitrogen and oxygen atoms in total. The minimum absolute atomic E-state index is 0.635. The Morgan fingerprint density at radius 1 is 1.28 bits per heavy atom. The van der Waals surface area contributed by atoms with E-state index in [1.807, 2.05) is 0 Å². The molecule has 18 heavy (non-hydrogen) atoms. The number of rotatable bonds is 1. The van der Waals surface area contributed by atoms with E-state index in [0.717, 1.165) is 13.1 Å². The molecule has 1 aliphatic rings. The van der Waals surface area contributed by atoms with Crippen molar-refractivity contribution in [1.82, 2.24) is 9.88 Å². The van der Waals surface area contributed by atoms with Crippen molar-refractivity contribution in [3.05, 3.63) is 33.4 Å². The van der Waals surface area contributed by atoms with E-state index in [1.54, 1.807) is 0 Å². The van der Waals surface area contributed by atoms with Crippen LogP contribution in [0.2, 0.25) is 0 Å². The van der Waals surface area contributed by atoms with E-state index in [9.17, 15) is 0 Å². The van der Waals surface area contributed by atoms with Gasteiger partial charge in [-0.2, -0.15) is 0 Å². The molecule has 1 aromatic heterocycles. The summed E-state index contributed by atoms with van der Waals surface area (Å²) >= 11 is 3.85. The Balaban J connectivity index is 2.33. The molecule has 1 N–H and O–H groups in total. The summed E-state index contributed by atoms with van der Waals surface area (Å²) in [7, 11) is 2.20. The van der Waals surface area contributed by atoms with Crippen molar-refractivity contribution < 1.29 is 0 Å². The fraction of sp³-hybridized carbons (Fsp3) is 0.467. The Hall–Kier alpha value is -0.800. The first kappa shape index (κ1) is 12.2. The van der Waals surface area contributed by atoms with Gasteiger partial charge in [0.1, 0.15) is 0 Å². The number of aryl methyl sites for hydroxylation is 3. The Morgan fingerprint density at radius 3 is 2.61 bits per heavy atom. The highest BCUT2D eigenvalue weighted by Gasteiger charge is 2.25. The second-order valence-electron chi connectivity index (χ2n) is 5.37. The van der Waals surface area contributed by atoms with Gasteiger partial charge in [-0.05, 0) is 53.9 Å². The zero-order valence-electron chi connectivity index (χ0n) is 11.2. The van der Waals surface area contributed by atoms with Gasteiger partial charge < -0.3 is 9.88 Å². The van der Waals surface area contributed by atoms with Crippen LogP contribution in [0.15, 0.2) is 16.6 Å². The molecule has 0 saturated carbocycles. The molecule has 0 radical (unpaired) electrons. The van der Waals surface area contributed by atoms with Gasteiger partial charge in [0.2, 0.25) is 0 Å². The number of hydrogen-bond donors (Lipinski definition) is 1. The number of nitrogens with zero attached hydrogens (tertiary/aromatic N) is 1.